The van der Waals surface area contributed by atoms with Crippen LogP contribution < -0.4 is 26.0 Å². The quantitative estimate of drug-likeness (QED) is 0.728. The minimum Gasteiger partial charge on any atom is -0.366 e. The number of nitrogens with zero attached hydrogens (tertiary/aromatic N) is 4. The molecule has 1 unspecified atom stereocenters. The first-order chi connectivity index (χ1) is 13.9. The van der Waals surface area contributed by atoms with Gasteiger partial charge in [0.05, 0.1) is 11.7 Å². The van der Waals surface area contributed by atoms with Crippen LogP contribution in [0.4, 0.5) is 22.0 Å². The van der Waals surface area contributed by atoms with Gasteiger partial charge in [-0.05, 0) is 47.5 Å². The first-order valence-electron chi connectivity index (χ1n) is 9.39. The number of fused-ring (bicyclic) bond motifs is 4. The molecule has 152 valence electrons. The summed E-state index contributed by atoms with van der Waals surface area (Å²) < 4.78 is 2.07. The van der Waals surface area contributed by atoms with Crippen LogP contribution in [0.15, 0.2) is 33.7 Å². The molecule has 0 spiro atoms. The number of nitrogens with one attached hydrogen (secondary N) is 2. The lowest BCUT2D eigenvalue weighted by molar-refractivity contribution is 0.0951. The molecule has 1 fully saturated rings. The highest BCUT2D eigenvalue weighted by molar-refractivity contribution is 9.10. The number of carbonyl (C=O) groups is 2. The second kappa shape index (κ2) is 7.51. The van der Waals surface area contributed by atoms with E-state index in [0.29, 0.717) is 23.4 Å². The summed E-state index contributed by atoms with van der Waals surface area (Å²) in [6.45, 7) is 3.82. The molecule has 2 N–H and O–H groups in total. The average Bonchev–Trinajstić information content (AvgIpc) is 3.10. The zero-order chi connectivity index (χ0) is 20.7. The molecule has 2 aromatic rings. The van der Waals surface area contributed by atoms with Crippen molar-refractivity contribution < 1.29 is 9.59 Å². The van der Waals surface area contributed by atoms with Crippen LogP contribution in [-0.2, 0) is 7.05 Å². The van der Waals surface area contributed by atoms with Gasteiger partial charge < -0.3 is 20.1 Å². The highest BCUT2D eigenvalue weighted by Gasteiger charge is 2.40. The van der Waals surface area contributed by atoms with E-state index in [1.54, 1.807) is 30.3 Å². The van der Waals surface area contributed by atoms with Gasteiger partial charge in [0.25, 0.3) is 11.5 Å². The second-order valence-electron chi connectivity index (χ2n) is 7.08. The first-order valence-corrected chi connectivity index (χ1v) is 10.2. The Morgan fingerprint density at radius 1 is 1.34 bits per heavy atom. The lowest BCUT2D eigenvalue weighted by Crippen LogP contribution is -2.49. The fourth-order valence-corrected chi connectivity index (χ4v) is 4.32. The maximum Gasteiger partial charge on any atom is 0.328 e. The van der Waals surface area contributed by atoms with Gasteiger partial charge in [0.15, 0.2) is 5.82 Å². The van der Waals surface area contributed by atoms with Gasteiger partial charge in [-0.15, -0.1) is 0 Å². The van der Waals surface area contributed by atoms with Crippen molar-refractivity contribution in [2.75, 3.05) is 34.8 Å². The normalized spacial score (nSPS) is 17.1. The number of aromatic nitrogens is 2. The van der Waals surface area contributed by atoms with E-state index < -0.39 is 6.03 Å². The maximum absolute atomic E-state index is 13.2. The lowest BCUT2D eigenvalue weighted by atomic mass is 10.1. The van der Waals surface area contributed by atoms with Gasteiger partial charge in [-0.2, -0.15) is 0 Å². The van der Waals surface area contributed by atoms with E-state index in [2.05, 4.69) is 36.4 Å². The van der Waals surface area contributed by atoms with Crippen molar-refractivity contribution in [3.05, 3.63) is 44.9 Å². The first kappa shape index (κ1) is 19.4. The molecule has 0 aromatic carbocycles. The van der Waals surface area contributed by atoms with Crippen molar-refractivity contribution >= 4 is 45.1 Å². The van der Waals surface area contributed by atoms with Crippen LogP contribution in [0.1, 0.15) is 23.8 Å². The largest absolute Gasteiger partial charge is 0.366 e. The zero-order valence-electron chi connectivity index (χ0n) is 16.1. The molecular weight excluding hydrogens is 440 g/mol. The van der Waals surface area contributed by atoms with E-state index in [0.717, 1.165) is 18.7 Å². The summed E-state index contributed by atoms with van der Waals surface area (Å²) in [5.74, 6) is 0.149. The predicted molar refractivity (Wildman–Crippen MR) is 114 cm³/mol. The van der Waals surface area contributed by atoms with E-state index in [1.807, 2.05) is 13.0 Å². The molecule has 1 saturated heterocycles. The van der Waals surface area contributed by atoms with Crippen LogP contribution in [0, 0.1) is 0 Å². The van der Waals surface area contributed by atoms with Crippen LogP contribution in [-0.4, -0.2) is 47.2 Å². The summed E-state index contributed by atoms with van der Waals surface area (Å²) in [5, 5.41) is 5.45. The van der Waals surface area contributed by atoms with Gasteiger partial charge >= 0.3 is 6.03 Å². The maximum atomic E-state index is 13.2. The molecule has 0 aliphatic carbocycles. The van der Waals surface area contributed by atoms with Crippen LogP contribution in [0.2, 0.25) is 0 Å². The van der Waals surface area contributed by atoms with Gasteiger partial charge in [-0.1, -0.05) is 0 Å². The molecule has 4 rings (SSSR count). The van der Waals surface area contributed by atoms with Gasteiger partial charge in [-0.3, -0.25) is 14.5 Å². The number of amides is 3. The molecule has 1 atom stereocenters. The third kappa shape index (κ3) is 3.48. The molecule has 0 saturated carbocycles. The Morgan fingerprint density at radius 2 is 2.14 bits per heavy atom. The van der Waals surface area contributed by atoms with Crippen LogP contribution in [0.25, 0.3) is 0 Å². The van der Waals surface area contributed by atoms with E-state index in [-0.39, 0.29) is 28.9 Å². The number of hydrogen-bond donors (Lipinski definition) is 2. The molecule has 2 aliphatic heterocycles. The highest BCUT2D eigenvalue weighted by atomic mass is 79.9. The van der Waals surface area contributed by atoms with Crippen molar-refractivity contribution in [3.63, 3.8) is 0 Å². The fourth-order valence-electron chi connectivity index (χ4n) is 3.78. The number of carbonyl (C=O) groups excluding carboxylic acids is 2. The Morgan fingerprint density at radius 3 is 2.90 bits per heavy atom. The Labute approximate surface area is 175 Å². The third-order valence-electron chi connectivity index (χ3n) is 5.13. The molecule has 10 heteroatoms. The molecule has 4 heterocycles. The van der Waals surface area contributed by atoms with Gasteiger partial charge in [0.2, 0.25) is 0 Å². The molecule has 3 amide bonds. The number of aryl methyl sites for hydroxylation is 1. The zero-order valence-corrected chi connectivity index (χ0v) is 17.7. The minimum absolute atomic E-state index is 0.0736. The van der Waals surface area contributed by atoms with Crippen molar-refractivity contribution in [1.29, 1.82) is 0 Å². The van der Waals surface area contributed by atoms with E-state index in [9.17, 15) is 14.4 Å². The SMILES string of the molecule is CCNC(=O)c1ccc2c(n1)N(C(=O)Nc1cc(Br)cn(C)c1=O)C1CCN2C1. The van der Waals surface area contributed by atoms with Crippen molar-refractivity contribution in [1.82, 2.24) is 14.9 Å². The molecule has 0 radical (unpaired) electrons. The van der Waals surface area contributed by atoms with Gasteiger partial charge in [0, 0.05) is 37.4 Å². The number of hydrogen-bond acceptors (Lipinski definition) is 5. The lowest BCUT2D eigenvalue weighted by Gasteiger charge is -2.35. The number of urea groups is 1. The number of anilines is 3. The summed E-state index contributed by atoms with van der Waals surface area (Å²) in [5.41, 5.74) is 0.929. The third-order valence-corrected chi connectivity index (χ3v) is 5.57. The Kier molecular flexibility index (Phi) is 5.03. The number of pyridine rings is 2. The smallest absolute Gasteiger partial charge is 0.328 e. The minimum atomic E-state index is -0.437. The molecule has 2 bridgehead atoms. The predicted octanol–water partition coefficient (Wildman–Crippen LogP) is 1.92. The van der Waals surface area contributed by atoms with E-state index >= 15 is 0 Å². The monoisotopic (exact) mass is 460 g/mol. The fraction of sp³-hybridized carbons (Fsp3) is 0.368. The summed E-state index contributed by atoms with van der Waals surface area (Å²) in [4.78, 5) is 46.1. The van der Waals surface area contributed by atoms with Gasteiger partial charge in [0.1, 0.15) is 11.4 Å². The van der Waals surface area contributed by atoms with Crippen molar-refractivity contribution in [3.8, 4) is 0 Å². The molecule has 2 aliphatic rings. The summed E-state index contributed by atoms with van der Waals surface area (Å²) in [6, 6.07) is 4.56. The summed E-state index contributed by atoms with van der Waals surface area (Å²) in [6.07, 6.45) is 2.42. The van der Waals surface area contributed by atoms with Crippen molar-refractivity contribution in [2.24, 2.45) is 7.05 Å². The van der Waals surface area contributed by atoms with Crippen LogP contribution >= 0.6 is 15.9 Å². The van der Waals surface area contributed by atoms with Crippen LogP contribution in [0.5, 0.6) is 0 Å². The number of halogens is 1. The topological polar surface area (TPSA) is 99.6 Å². The van der Waals surface area contributed by atoms with Crippen LogP contribution in [0.3, 0.4) is 0 Å². The van der Waals surface area contributed by atoms with E-state index in [4.69, 9.17) is 0 Å². The molecule has 29 heavy (non-hydrogen) atoms. The van der Waals surface area contributed by atoms with Gasteiger partial charge in [-0.25, -0.2) is 9.78 Å². The summed E-state index contributed by atoms with van der Waals surface area (Å²) >= 11 is 3.34. The highest BCUT2D eigenvalue weighted by Crippen LogP contribution is 2.39. The average molecular weight is 461 g/mol. The Hall–Kier alpha value is -2.88. The van der Waals surface area contributed by atoms with E-state index in [1.165, 1.54) is 4.57 Å². The molecule has 2 aromatic heterocycles. The second-order valence-corrected chi connectivity index (χ2v) is 7.99. The van der Waals surface area contributed by atoms with Crippen molar-refractivity contribution in [2.45, 2.75) is 19.4 Å². The molecule has 9 nitrogen and oxygen atoms in total. The Bertz CT molecular complexity index is 1050. The Balaban J connectivity index is 1.71. The standard InChI is InChI=1S/C19H21BrN6O3/c1-3-21-17(27)13-4-5-15-16(22-13)26(12-6-7-25(15)10-12)19(29)23-14-8-11(20)9-24(2)18(14)28/h4-5,8-9,12H,3,6-7,10H2,1-2H3,(H,21,27)(H,23,29). The number of rotatable bonds is 3. The summed E-state index contributed by atoms with van der Waals surface area (Å²) in [7, 11) is 1.62. The molecular formula is C19H21BrN6O3.